The molecule has 0 aliphatic heterocycles. The minimum absolute atomic E-state index is 0.118. The van der Waals surface area contributed by atoms with Gasteiger partial charge in [-0.25, -0.2) is 0 Å². The highest BCUT2D eigenvalue weighted by Gasteiger charge is 2.72. The van der Waals surface area contributed by atoms with Crippen LogP contribution in [0, 0.1) is 56.7 Å². The van der Waals surface area contributed by atoms with Gasteiger partial charge < -0.3 is 9.53 Å². The molecule has 5 rings (SSSR count). The molecule has 0 radical (unpaired) electrons. The maximum atomic E-state index is 13.4. The van der Waals surface area contributed by atoms with Gasteiger partial charge in [-0.05, 0) is 142 Å². The lowest BCUT2D eigenvalue weighted by molar-refractivity contribution is -0.251. The number of aliphatic hydroxyl groups excluding tert-OH is 1. The summed E-state index contributed by atoms with van der Waals surface area (Å²) in [4.78, 5) is 13.4. The van der Waals surface area contributed by atoms with Crippen LogP contribution in [0.5, 0.6) is 0 Å². The summed E-state index contributed by atoms with van der Waals surface area (Å²) in [7, 11) is -1.95. The standard InChI is InChI=1S/C37H64O3Si/c1-24(2)26-15-20-37(25(3)39)22-21-35(9)27(31(26)37)13-14-29-33(7)18-17-30(40-41(11,12)32(4,5)6)34(8,23-38)28(33)16-19-36(29,35)10/h26-31,38H,1,13-23H2,2-12H3/t26-,27?,28?,29?,30-,31?,33-,34-,35+,36+,37+/m0/s1. The van der Waals surface area contributed by atoms with Crippen molar-refractivity contribution in [3.05, 3.63) is 12.2 Å². The van der Waals surface area contributed by atoms with Gasteiger partial charge >= 0.3 is 0 Å². The van der Waals surface area contributed by atoms with E-state index in [1.54, 1.807) is 0 Å². The molecule has 5 saturated carbocycles. The molecule has 4 unspecified atom stereocenters. The Hall–Kier alpha value is -0.453. The third kappa shape index (κ3) is 4.18. The Morgan fingerprint density at radius 2 is 1.54 bits per heavy atom. The second kappa shape index (κ2) is 9.77. The van der Waals surface area contributed by atoms with Crippen molar-refractivity contribution in [2.75, 3.05) is 6.61 Å². The van der Waals surface area contributed by atoms with E-state index in [4.69, 9.17) is 4.43 Å². The highest BCUT2D eigenvalue weighted by molar-refractivity contribution is 6.74. The lowest BCUT2D eigenvalue weighted by Gasteiger charge is -2.73. The fourth-order valence-electron chi connectivity index (χ4n) is 12.5. The number of ketones is 1. The van der Waals surface area contributed by atoms with Gasteiger partial charge in [0.2, 0.25) is 0 Å². The number of carbonyl (C=O) groups is 1. The van der Waals surface area contributed by atoms with Crippen LogP contribution in [0.1, 0.15) is 127 Å². The van der Waals surface area contributed by atoms with E-state index in [1.165, 1.54) is 44.1 Å². The van der Waals surface area contributed by atoms with Crippen molar-refractivity contribution in [3.8, 4) is 0 Å². The molecule has 0 spiro atoms. The predicted molar refractivity (Wildman–Crippen MR) is 173 cm³/mol. The van der Waals surface area contributed by atoms with Gasteiger partial charge in [0.1, 0.15) is 5.78 Å². The van der Waals surface area contributed by atoms with Crippen LogP contribution in [-0.4, -0.2) is 31.9 Å². The molecule has 5 fully saturated rings. The lowest BCUT2D eigenvalue weighted by atomic mass is 9.32. The molecule has 0 saturated heterocycles. The van der Waals surface area contributed by atoms with Crippen molar-refractivity contribution in [3.63, 3.8) is 0 Å². The summed E-state index contributed by atoms with van der Waals surface area (Å²) in [6, 6.07) is 0. The average Bonchev–Trinajstić information content (AvgIpc) is 3.27. The molecule has 0 aromatic carbocycles. The molecule has 11 atom stereocenters. The van der Waals surface area contributed by atoms with Crippen LogP contribution in [0.3, 0.4) is 0 Å². The zero-order valence-corrected chi connectivity index (χ0v) is 29.7. The van der Waals surface area contributed by atoms with Gasteiger partial charge in [0.15, 0.2) is 8.32 Å². The van der Waals surface area contributed by atoms with Crippen molar-refractivity contribution in [2.24, 2.45) is 56.7 Å². The van der Waals surface area contributed by atoms with Crippen molar-refractivity contribution in [1.29, 1.82) is 0 Å². The molecule has 5 aliphatic carbocycles. The summed E-state index contributed by atoms with van der Waals surface area (Å²) in [6.07, 6.45) is 11.9. The molecular formula is C37H64O3Si. The highest BCUT2D eigenvalue weighted by Crippen LogP contribution is 2.77. The Morgan fingerprint density at radius 1 is 0.878 bits per heavy atom. The zero-order valence-electron chi connectivity index (χ0n) is 28.7. The third-order valence-electron chi connectivity index (χ3n) is 16.1. The summed E-state index contributed by atoms with van der Waals surface area (Å²) in [5, 5.41) is 11.3. The SMILES string of the molecule is C=C(C)[C@@H]1CC[C@]2(C(C)=O)CC[C@]3(C)C(CCC4[C@@]5(C)CC[C@H](O[Si](C)(C)C(C)(C)C)[C@@](C)(CO)C5CC[C@]43C)C12. The average molecular weight is 585 g/mol. The molecule has 0 amide bonds. The van der Waals surface area contributed by atoms with Gasteiger partial charge in [0, 0.05) is 10.8 Å². The first-order valence-electron chi connectivity index (χ1n) is 17.2. The molecule has 3 nitrogen and oxygen atoms in total. The van der Waals surface area contributed by atoms with Crippen molar-refractivity contribution in [1.82, 2.24) is 0 Å². The smallest absolute Gasteiger partial charge is 0.192 e. The summed E-state index contributed by atoms with van der Waals surface area (Å²) in [6.45, 7) is 30.9. The molecule has 1 N–H and O–H groups in total. The summed E-state index contributed by atoms with van der Waals surface area (Å²) >= 11 is 0. The van der Waals surface area contributed by atoms with Crippen molar-refractivity contribution < 1.29 is 14.3 Å². The van der Waals surface area contributed by atoms with Gasteiger partial charge in [-0.1, -0.05) is 60.6 Å². The quantitative estimate of drug-likeness (QED) is 0.258. The Labute approximate surface area is 254 Å². The van der Waals surface area contributed by atoms with E-state index < -0.39 is 8.32 Å². The van der Waals surface area contributed by atoms with Crippen LogP contribution in [0.4, 0.5) is 0 Å². The Morgan fingerprint density at radius 3 is 2.10 bits per heavy atom. The Bertz CT molecular complexity index is 1070. The topological polar surface area (TPSA) is 46.5 Å². The molecule has 0 aromatic rings. The number of aliphatic hydroxyl groups is 1. The fourth-order valence-corrected chi connectivity index (χ4v) is 13.9. The predicted octanol–water partition coefficient (Wildman–Crippen LogP) is 9.60. The van der Waals surface area contributed by atoms with Gasteiger partial charge in [0.25, 0.3) is 0 Å². The molecule has 0 heterocycles. The highest BCUT2D eigenvalue weighted by atomic mass is 28.4. The lowest BCUT2D eigenvalue weighted by Crippen LogP contribution is -2.68. The van der Waals surface area contributed by atoms with Crippen LogP contribution in [0.2, 0.25) is 18.1 Å². The molecule has 234 valence electrons. The maximum Gasteiger partial charge on any atom is 0.192 e. The van der Waals surface area contributed by atoms with E-state index in [2.05, 4.69) is 75.1 Å². The van der Waals surface area contributed by atoms with Crippen LogP contribution < -0.4 is 0 Å². The summed E-state index contributed by atoms with van der Waals surface area (Å²) in [5.41, 5.74) is 1.71. The van der Waals surface area contributed by atoms with Crippen molar-refractivity contribution in [2.45, 2.75) is 151 Å². The number of carbonyl (C=O) groups excluding carboxylic acids is 1. The minimum atomic E-state index is -1.95. The molecule has 0 aromatic heterocycles. The van der Waals surface area contributed by atoms with E-state index in [1.807, 2.05) is 6.92 Å². The second-order valence-corrected chi connectivity index (χ2v) is 23.2. The van der Waals surface area contributed by atoms with Crippen LogP contribution in [-0.2, 0) is 9.22 Å². The minimum Gasteiger partial charge on any atom is -0.413 e. The first kappa shape index (κ1) is 32.0. The Kier molecular flexibility index (Phi) is 7.62. The number of hydrogen-bond donors (Lipinski definition) is 1. The summed E-state index contributed by atoms with van der Waals surface area (Å²) < 4.78 is 7.16. The fraction of sp³-hybridized carbons (Fsp3) is 0.919. The van der Waals surface area contributed by atoms with Gasteiger partial charge in [0.05, 0.1) is 12.7 Å². The number of Topliss-reactive ketones (excluding diaryl/α,β-unsaturated/α-hetero) is 1. The van der Waals surface area contributed by atoms with E-state index in [9.17, 15) is 9.90 Å². The normalized spacial score (nSPS) is 49.9. The van der Waals surface area contributed by atoms with Crippen LogP contribution >= 0.6 is 0 Å². The zero-order chi connectivity index (χ0) is 30.6. The van der Waals surface area contributed by atoms with E-state index in [0.717, 1.165) is 25.7 Å². The van der Waals surface area contributed by atoms with Crippen molar-refractivity contribution >= 4 is 14.1 Å². The van der Waals surface area contributed by atoms with Gasteiger partial charge in [-0.15, -0.1) is 0 Å². The number of rotatable bonds is 5. The monoisotopic (exact) mass is 584 g/mol. The number of allylic oxidation sites excluding steroid dienone is 1. The maximum absolute atomic E-state index is 13.4. The number of fused-ring (bicyclic) bond motifs is 7. The largest absolute Gasteiger partial charge is 0.413 e. The molecule has 41 heavy (non-hydrogen) atoms. The molecule has 5 aliphatic rings. The van der Waals surface area contributed by atoms with Crippen LogP contribution in [0.15, 0.2) is 12.2 Å². The summed E-state index contributed by atoms with van der Waals surface area (Å²) in [5.74, 6) is 3.16. The van der Waals surface area contributed by atoms with E-state index in [0.29, 0.717) is 35.4 Å². The molecular weight excluding hydrogens is 520 g/mol. The van der Waals surface area contributed by atoms with E-state index >= 15 is 0 Å². The first-order chi connectivity index (χ1) is 18.8. The van der Waals surface area contributed by atoms with Crippen LogP contribution in [0.25, 0.3) is 0 Å². The van der Waals surface area contributed by atoms with Gasteiger partial charge in [-0.2, -0.15) is 0 Å². The molecule has 4 heteroatoms. The van der Waals surface area contributed by atoms with Gasteiger partial charge in [-0.3, -0.25) is 4.79 Å². The first-order valence-corrected chi connectivity index (χ1v) is 20.1. The number of hydrogen-bond acceptors (Lipinski definition) is 3. The third-order valence-corrected chi connectivity index (χ3v) is 20.6. The Balaban J connectivity index is 1.50. The molecule has 0 bridgehead atoms. The van der Waals surface area contributed by atoms with E-state index in [-0.39, 0.29) is 44.8 Å². The second-order valence-electron chi connectivity index (χ2n) is 18.5.